The molecule has 1 aliphatic rings. The first-order chi connectivity index (χ1) is 8.97. The maximum absolute atomic E-state index is 12.6. The minimum absolute atomic E-state index is 0.0681. The molecule has 1 unspecified atom stereocenters. The molecule has 1 amide bonds. The third kappa shape index (κ3) is 3.62. The fraction of sp³-hybridized carbons (Fsp3) is 0.462. The highest BCUT2D eigenvalue weighted by molar-refractivity contribution is 5.70. The smallest absolute Gasteiger partial charge is 0.410 e. The van der Waals surface area contributed by atoms with E-state index in [-0.39, 0.29) is 13.0 Å². The van der Waals surface area contributed by atoms with Gasteiger partial charge in [-0.15, -0.1) is 0 Å². The number of piperidine rings is 1. The monoisotopic (exact) mass is 273 g/mol. The molecule has 6 heteroatoms. The summed E-state index contributed by atoms with van der Waals surface area (Å²) in [6.07, 6.45) is -4.57. The number of halogens is 3. The van der Waals surface area contributed by atoms with Gasteiger partial charge in [0, 0.05) is 13.1 Å². The maximum Gasteiger partial charge on any atom is 0.415 e. The summed E-state index contributed by atoms with van der Waals surface area (Å²) in [5, 5.41) is 0. The fourth-order valence-corrected chi connectivity index (χ4v) is 2.06. The van der Waals surface area contributed by atoms with Gasteiger partial charge in [0.05, 0.1) is 5.92 Å². The molecule has 0 saturated carbocycles. The molecule has 1 fully saturated rings. The van der Waals surface area contributed by atoms with Crippen LogP contribution in [0.25, 0.3) is 0 Å². The number of rotatable bonds is 1. The highest BCUT2D eigenvalue weighted by Crippen LogP contribution is 2.33. The summed E-state index contributed by atoms with van der Waals surface area (Å²) < 4.78 is 42.9. The van der Waals surface area contributed by atoms with E-state index in [1.807, 2.05) is 0 Å². The lowest BCUT2D eigenvalue weighted by atomic mass is 9.98. The topological polar surface area (TPSA) is 29.5 Å². The molecule has 1 heterocycles. The van der Waals surface area contributed by atoms with E-state index in [0.29, 0.717) is 18.7 Å². The Kier molecular flexibility index (Phi) is 3.97. The number of likely N-dealkylation sites (tertiary alicyclic amines) is 1. The third-order valence-electron chi connectivity index (χ3n) is 3.09. The molecule has 1 saturated heterocycles. The Morgan fingerprint density at radius 3 is 2.58 bits per heavy atom. The van der Waals surface area contributed by atoms with Gasteiger partial charge in [0.25, 0.3) is 0 Å². The lowest BCUT2D eigenvalue weighted by molar-refractivity contribution is -0.184. The molecule has 1 aliphatic heterocycles. The number of benzene rings is 1. The van der Waals surface area contributed by atoms with E-state index in [1.165, 1.54) is 0 Å². The Morgan fingerprint density at radius 1 is 1.26 bits per heavy atom. The number of nitrogens with zero attached hydrogens (tertiary/aromatic N) is 1. The van der Waals surface area contributed by atoms with Gasteiger partial charge in [-0.1, -0.05) is 18.2 Å². The molecule has 0 aliphatic carbocycles. The molecule has 0 radical (unpaired) electrons. The molecule has 3 nitrogen and oxygen atoms in total. The zero-order chi connectivity index (χ0) is 13.9. The second-order valence-electron chi connectivity index (χ2n) is 4.51. The number of carbonyl (C=O) groups is 1. The Morgan fingerprint density at radius 2 is 1.95 bits per heavy atom. The van der Waals surface area contributed by atoms with E-state index < -0.39 is 18.2 Å². The first kappa shape index (κ1) is 13.7. The molecule has 1 aromatic carbocycles. The highest BCUT2D eigenvalue weighted by atomic mass is 19.4. The molecule has 1 aromatic rings. The van der Waals surface area contributed by atoms with Crippen LogP contribution < -0.4 is 4.74 Å². The van der Waals surface area contributed by atoms with Crippen molar-refractivity contribution in [3.05, 3.63) is 30.3 Å². The summed E-state index contributed by atoms with van der Waals surface area (Å²) in [7, 11) is 0. The summed E-state index contributed by atoms with van der Waals surface area (Å²) in [6.45, 7) is -0.0204. The first-order valence-electron chi connectivity index (χ1n) is 6.05. The van der Waals surface area contributed by atoms with Gasteiger partial charge in [0.1, 0.15) is 5.75 Å². The van der Waals surface area contributed by atoms with Crippen LogP contribution in [0, 0.1) is 5.92 Å². The van der Waals surface area contributed by atoms with Crippen LogP contribution in [-0.4, -0.2) is 30.3 Å². The van der Waals surface area contributed by atoms with Crippen LogP contribution in [0.1, 0.15) is 12.8 Å². The van der Waals surface area contributed by atoms with Crippen molar-refractivity contribution in [1.29, 1.82) is 0 Å². The van der Waals surface area contributed by atoms with Gasteiger partial charge >= 0.3 is 12.3 Å². The van der Waals surface area contributed by atoms with Crippen molar-refractivity contribution in [1.82, 2.24) is 4.90 Å². The van der Waals surface area contributed by atoms with Crippen molar-refractivity contribution < 1.29 is 22.7 Å². The number of alkyl halides is 3. The average Bonchev–Trinajstić information content (AvgIpc) is 2.39. The molecule has 0 bridgehead atoms. The van der Waals surface area contributed by atoms with Crippen LogP contribution in [0.2, 0.25) is 0 Å². The van der Waals surface area contributed by atoms with Crippen molar-refractivity contribution in [2.24, 2.45) is 5.92 Å². The van der Waals surface area contributed by atoms with Crippen molar-refractivity contribution >= 4 is 6.09 Å². The van der Waals surface area contributed by atoms with E-state index >= 15 is 0 Å². The zero-order valence-electron chi connectivity index (χ0n) is 10.2. The maximum atomic E-state index is 12.6. The Hall–Kier alpha value is -1.72. The Bertz CT molecular complexity index is 433. The predicted octanol–water partition coefficient (Wildman–Crippen LogP) is 3.46. The molecule has 2 rings (SSSR count). The third-order valence-corrected chi connectivity index (χ3v) is 3.09. The lowest BCUT2D eigenvalue weighted by Gasteiger charge is -2.32. The van der Waals surface area contributed by atoms with Gasteiger partial charge in [-0.3, -0.25) is 0 Å². The van der Waals surface area contributed by atoms with Gasteiger partial charge in [0.2, 0.25) is 0 Å². The van der Waals surface area contributed by atoms with E-state index in [2.05, 4.69) is 0 Å². The van der Waals surface area contributed by atoms with Gasteiger partial charge < -0.3 is 9.64 Å². The van der Waals surface area contributed by atoms with Gasteiger partial charge in [-0.25, -0.2) is 4.79 Å². The van der Waals surface area contributed by atoms with Crippen molar-refractivity contribution in [3.63, 3.8) is 0 Å². The van der Waals surface area contributed by atoms with Crippen LogP contribution in [-0.2, 0) is 0 Å². The summed E-state index contributed by atoms with van der Waals surface area (Å²) >= 11 is 0. The fourth-order valence-electron chi connectivity index (χ4n) is 2.06. The van der Waals surface area contributed by atoms with E-state index in [4.69, 9.17) is 4.74 Å². The Labute approximate surface area is 109 Å². The zero-order valence-corrected chi connectivity index (χ0v) is 10.2. The van der Waals surface area contributed by atoms with Crippen LogP contribution >= 0.6 is 0 Å². The molecule has 1 atom stereocenters. The number of para-hydroxylation sites is 1. The summed E-state index contributed by atoms with van der Waals surface area (Å²) in [6, 6.07) is 8.32. The van der Waals surface area contributed by atoms with Gasteiger partial charge in [-0.05, 0) is 25.0 Å². The highest BCUT2D eigenvalue weighted by Gasteiger charge is 2.43. The minimum atomic E-state index is -4.26. The van der Waals surface area contributed by atoms with E-state index in [9.17, 15) is 18.0 Å². The normalized spacial score (nSPS) is 20.2. The number of hydrogen-bond acceptors (Lipinski definition) is 2. The van der Waals surface area contributed by atoms with Crippen molar-refractivity contribution in [2.45, 2.75) is 19.0 Å². The molecular weight excluding hydrogens is 259 g/mol. The quantitative estimate of drug-likeness (QED) is 0.784. The van der Waals surface area contributed by atoms with Crippen LogP contribution in [0.15, 0.2) is 30.3 Å². The summed E-state index contributed by atoms with van der Waals surface area (Å²) in [5.41, 5.74) is 0. The standard InChI is InChI=1S/C13H14F3NO2/c14-13(15,16)10-5-4-8-17(9-10)12(18)19-11-6-2-1-3-7-11/h1-3,6-7,10H,4-5,8-9H2. The molecule has 104 valence electrons. The molecule has 0 spiro atoms. The predicted molar refractivity (Wildman–Crippen MR) is 62.8 cm³/mol. The minimum Gasteiger partial charge on any atom is -0.410 e. The molecule has 0 aromatic heterocycles. The number of ether oxygens (including phenoxy) is 1. The summed E-state index contributed by atoms with van der Waals surface area (Å²) in [4.78, 5) is 12.9. The van der Waals surface area contributed by atoms with Gasteiger partial charge in [-0.2, -0.15) is 13.2 Å². The average molecular weight is 273 g/mol. The largest absolute Gasteiger partial charge is 0.415 e. The van der Waals surface area contributed by atoms with E-state index in [0.717, 1.165) is 4.90 Å². The van der Waals surface area contributed by atoms with Gasteiger partial charge in [0.15, 0.2) is 0 Å². The van der Waals surface area contributed by atoms with Crippen molar-refractivity contribution in [2.75, 3.05) is 13.1 Å². The van der Waals surface area contributed by atoms with Crippen LogP contribution in [0.3, 0.4) is 0 Å². The second-order valence-corrected chi connectivity index (χ2v) is 4.51. The van der Waals surface area contributed by atoms with Crippen LogP contribution in [0.5, 0.6) is 5.75 Å². The van der Waals surface area contributed by atoms with E-state index in [1.54, 1.807) is 30.3 Å². The number of carbonyl (C=O) groups excluding carboxylic acids is 1. The first-order valence-corrected chi connectivity index (χ1v) is 6.05. The van der Waals surface area contributed by atoms with Crippen LogP contribution in [0.4, 0.5) is 18.0 Å². The SMILES string of the molecule is O=C(Oc1ccccc1)N1CCCC(C(F)(F)F)C1. The number of amides is 1. The summed E-state index contributed by atoms with van der Waals surface area (Å²) in [5.74, 6) is -1.12. The molecule has 0 N–H and O–H groups in total. The number of hydrogen-bond donors (Lipinski definition) is 0. The second kappa shape index (κ2) is 5.50. The molecular formula is C13H14F3NO2. The molecule has 19 heavy (non-hydrogen) atoms. The lowest BCUT2D eigenvalue weighted by Crippen LogP contribution is -2.45. The van der Waals surface area contributed by atoms with Crippen molar-refractivity contribution in [3.8, 4) is 5.75 Å². The Balaban J connectivity index is 1.96.